The van der Waals surface area contributed by atoms with Gasteiger partial charge in [-0.05, 0) is 129 Å². The van der Waals surface area contributed by atoms with E-state index in [0.29, 0.717) is 11.8 Å². The van der Waals surface area contributed by atoms with Gasteiger partial charge in [0.25, 0.3) is 0 Å². The van der Waals surface area contributed by atoms with Gasteiger partial charge in [-0.3, -0.25) is 0 Å². The Morgan fingerprint density at radius 1 is 0.521 bits per heavy atom. The molecule has 1 nitrogen and oxygen atoms in total. The highest BCUT2D eigenvalue weighted by Crippen LogP contribution is 2.49. The van der Waals surface area contributed by atoms with Crippen molar-refractivity contribution in [1.29, 1.82) is 0 Å². The summed E-state index contributed by atoms with van der Waals surface area (Å²) in [6.07, 6.45) is 4.60. The lowest BCUT2D eigenvalue weighted by Gasteiger charge is -2.24. The van der Waals surface area contributed by atoms with Crippen LogP contribution in [0.1, 0.15) is 65.6 Å². The summed E-state index contributed by atoms with van der Waals surface area (Å²) in [5.74, 6) is 0.744. The third-order valence-corrected chi connectivity index (χ3v) is 11.7. The molecule has 2 aromatic heterocycles. The minimum absolute atomic E-state index is 0.367. The zero-order chi connectivity index (χ0) is 32.1. The second kappa shape index (κ2) is 10.3. The maximum absolute atomic E-state index is 2.54. The van der Waals surface area contributed by atoms with Crippen molar-refractivity contribution in [3.63, 3.8) is 0 Å². The van der Waals surface area contributed by atoms with E-state index in [1.165, 1.54) is 99.7 Å². The third kappa shape index (κ3) is 3.85. The van der Waals surface area contributed by atoms with Gasteiger partial charge in [0.1, 0.15) is 0 Å². The molecule has 0 spiro atoms. The van der Waals surface area contributed by atoms with E-state index in [2.05, 4.69) is 159 Å². The fourth-order valence-corrected chi connectivity index (χ4v) is 9.06. The molecule has 6 aromatic carbocycles. The van der Waals surface area contributed by atoms with Gasteiger partial charge in [0.2, 0.25) is 0 Å². The quantitative estimate of drug-likeness (QED) is 0.182. The summed E-state index contributed by atoms with van der Waals surface area (Å²) >= 11 is 0. The Hall–Kier alpha value is -5.40. The summed E-state index contributed by atoms with van der Waals surface area (Å²) in [6, 6.07) is 48.0. The zero-order valence-corrected chi connectivity index (χ0v) is 27.7. The van der Waals surface area contributed by atoms with Gasteiger partial charge in [0.15, 0.2) is 0 Å². The molecule has 2 atom stereocenters. The Bertz CT molecular complexity index is 2600. The lowest BCUT2D eigenvalue weighted by atomic mass is 9.79. The van der Waals surface area contributed by atoms with Gasteiger partial charge in [0.05, 0.1) is 16.7 Å². The van der Waals surface area contributed by atoms with Gasteiger partial charge in [0, 0.05) is 16.2 Å². The van der Waals surface area contributed by atoms with Crippen LogP contribution in [0.15, 0.2) is 127 Å². The Morgan fingerprint density at radius 2 is 1.19 bits per heavy atom. The van der Waals surface area contributed by atoms with E-state index in [1.807, 2.05) is 0 Å². The van der Waals surface area contributed by atoms with Crippen LogP contribution in [-0.4, -0.2) is 4.40 Å². The van der Waals surface area contributed by atoms with E-state index < -0.39 is 0 Å². The van der Waals surface area contributed by atoms with Crippen LogP contribution in [0.4, 0.5) is 0 Å². The van der Waals surface area contributed by atoms with Crippen molar-refractivity contribution in [1.82, 2.24) is 4.40 Å². The second-order valence-electron chi connectivity index (χ2n) is 14.1. The van der Waals surface area contributed by atoms with E-state index in [1.54, 1.807) is 0 Å². The molecule has 0 radical (unpaired) electrons. The number of para-hydroxylation sites is 2. The number of rotatable bonds is 2. The van der Waals surface area contributed by atoms with Crippen LogP contribution in [0.2, 0.25) is 0 Å². The summed E-state index contributed by atoms with van der Waals surface area (Å²) in [6.45, 7) is 7.18. The summed E-state index contributed by atoms with van der Waals surface area (Å²) in [5.41, 5.74) is 20.5. The number of hydrogen-bond acceptors (Lipinski definition) is 0. The van der Waals surface area contributed by atoms with Gasteiger partial charge in [-0.25, -0.2) is 0 Å². The first-order valence-electron chi connectivity index (χ1n) is 17.5. The summed E-state index contributed by atoms with van der Waals surface area (Å²) in [5, 5.41) is 4.10. The molecule has 0 amide bonds. The highest BCUT2D eigenvalue weighted by molar-refractivity contribution is 6.17. The summed E-state index contributed by atoms with van der Waals surface area (Å²) in [7, 11) is 0. The molecule has 48 heavy (non-hydrogen) atoms. The molecule has 0 N–H and O–H groups in total. The van der Waals surface area contributed by atoms with Crippen molar-refractivity contribution < 1.29 is 0 Å². The molecule has 230 valence electrons. The van der Waals surface area contributed by atoms with Crippen LogP contribution in [0, 0.1) is 6.92 Å². The monoisotopic (exact) mass is 615 g/mol. The minimum atomic E-state index is 0.367. The molecular formula is C47H37N. The van der Waals surface area contributed by atoms with Gasteiger partial charge in [-0.1, -0.05) is 117 Å². The van der Waals surface area contributed by atoms with E-state index in [4.69, 9.17) is 0 Å². The van der Waals surface area contributed by atoms with E-state index in [-0.39, 0.29) is 0 Å². The first-order valence-corrected chi connectivity index (χ1v) is 17.5. The molecular weight excluding hydrogens is 579 g/mol. The van der Waals surface area contributed by atoms with Crippen molar-refractivity contribution >= 4 is 38.8 Å². The van der Waals surface area contributed by atoms with E-state index >= 15 is 0 Å². The fraction of sp³-hybridized carbons (Fsp3) is 0.149. The normalized spacial score (nSPS) is 17.0. The van der Waals surface area contributed by atoms with Gasteiger partial charge in [-0.15, -0.1) is 0 Å². The summed E-state index contributed by atoms with van der Waals surface area (Å²) < 4.78 is 2.54. The molecule has 2 aliphatic carbocycles. The SMILES string of the molecule is Cc1c2cc(C3=Cc4c(c5cccc6c7ccccc7n4c56)CC3)cc1-c1cc(-c3ccccc3)ccc1C(C)C(C)c1ccccc1-2. The molecule has 1 heteroatoms. The second-order valence-corrected chi connectivity index (χ2v) is 14.1. The number of nitrogens with zero attached hydrogens (tertiary/aromatic N) is 1. The lowest BCUT2D eigenvalue weighted by molar-refractivity contribution is 0.626. The number of fused-ring (bicyclic) bond motifs is 12. The van der Waals surface area contributed by atoms with Crippen molar-refractivity contribution in [2.75, 3.05) is 0 Å². The molecule has 0 saturated carbocycles. The molecule has 8 aromatic rings. The Morgan fingerprint density at radius 3 is 2.04 bits per heavy atom. The first kappa shape index (κ1) is 27.7. The topological polar surface area (TPSA) is 4.41 Å². The molecule has 10 rings (SSSR count). The standard InChI is InChI=1S/C47H37N/c1-28-29(2)36-22-20-32(31-12-5-4-6-13-31)24-44(36)43-26-34(25-42(30(43)3)37-15-8-7-14-35(28)37)33-21-23-39-41-18-11-17-40-38-16-9-10-19-45(38)48(47(40)41)46(39)27-33/h4-20,22,24-29H,21,23H2,1-3H3. The van der Waals surface area contributed by atoms with Crippen molar-refractivity contribution in [3.8, 4) is 33.4 Å². The van der Waals surface area contributed by atoms with Crippen molar-refractivity contribution in [2.45, 2.75) is 45.4 Å². The average molecular weight is 616 g/mol. The minimum Gasteiger partial charge on any atom is -0.308 e. The van der Waals surface area contributed by atoms with Gasteiger partial charge >= 0.3 is 0 Å². The Kier molecular flexibility index (Phi) is 5.94. The first-order chi connectivity index (χ1) is 23.6. The van der Waals surface area contributed by atoms with Crippen LogP contribution >= 0.6 is 0 Å². The smallest absolute Gasteiger partial charge is 0.0617 e. The Balaban J connectivity index is 1.25. The molecule has 0 fully saturated rings. The van der Waals surface area contributed by atoms with Crippen molar-refractivity contribution in [2.24, 2.45) is 0 Å². The molecule has 0 saturated heterocycles. The molecule has 2 unspecified atom stereocenters. The molecule has 2 bridgehead atoms. The molecule has 2 aliphatic rings. The van der Waals surface area contributed by atoms with E-state index in [9.17, 15) is 0 Å². The molecule has 2 heterocycles. The van der Waals surface area contributed by atoms with Crippen LogP contribution in [0.3, 0.4) is 0 Å². The van der Waals surface area contributed by atoms with Crippen LogP contribution < -0.4 is 0 Å². The maximum Gasteiger partial charge on any atom is 0.0617 e. The fourth-order valence-electron chi connectivity index (χ4n) is 9.06. The Labute approximate surface area is 282 Å². The lowest BCUT2D eigenvalue weighted by Crippen LogP contribution is -2.07. The van der Waals surface area contributed by atoms with Gasteiger partial charge < -0.3 is 4.40 Å². The third-order valence-electron chi connectivity index (χ3n) is 11.7. The van der Waals surface area contributed by atoms with Crippen LogP contribution in [-0.2, 0) is 6.42 Å². The highest BCUT2D eigenvalue weighted by atomic mass is 14.9. The number of benzene rings is 6. The van der Waals surface area contributed by atoms with Crippen molar-refractivity contribution in [3.05, 3.63) is 161 Å². The number of aryl methyl sites for hydroxylation is 1. The predicted octanol–water partition coefficient (Wildman–Crippen LogP) is 12.7. The maximum atomic E-state index is 2.54. The van der Waals surface area contributed by atoms with Crippen LogP contribution in [0.5, 0.6) is 0 Å². The summed E-state index contributed by atoms with van der Waals surface area (Å²) in [4.78, 5) is 0. The van der Waals surface area contributed by atoms with Gasteiger partial charge in [-0.2, -0.15) is 0 Å². The number of hydrogen-bond donors (Lipinski definition) is 0. The van der Waals surface area contributed by atoms with E-state index in [0.717, 1.165) is 12.8 Å². The zero-order valence-electron chi connectivity index (χ0n) is 27.7. The number of allylic oxidation sites excluding steroid dienone is 1. The predicted molar refractivity (Wildman–Crippen MR) is 204 cm³/mol. The molecule has 0 aliphatic heterocycles. The highest BCUT2D eigenvalue weighted by Gasteiger charge is 2.28. The van der Waals surface area contributed by atoms with Crippen LogP contribution in [0.25, 0.3) is 72.2 Å². The largest absolute Gasteiger partial charge is 0.308 e. The average Bonchev–Trinajstić information content (AvgIpc) is 3.66. The number of aromatic nitrogens is 1.